The minimum absolute atomic E-state index is 0.0143. The van der Waals surface area contributed by atoms with Crippen LogP contribution in [0.5, 0.6) is 0 Å². The molecule has 0 atom stereocenters. The van der Waals surface area contributed by atoms with Crippen LogP contribution >= 0.6 is 0 Å². The van der Waals surface area contributed by atoms with E-state index in [1.165, 1.54) is 18.2 Å². The summed E-state index contributed by atoms with van der Waals surface area (Å²) in [6.45, 7) is -0.0143. The van der Waals surface area contributed by atoms with Gasteiger partial charge in [0.2, 0.25) is 5.91 Å². The molecule has 0 aliphatic heterocycles. The number of carbonyl (C=O) groups excluding carboxylic acids is 2. The number of carbonyl (C=O) groups is 2. The number of benzene rings is 1. The van der Waals surface area contributed by atoms with Gasteiger partial charge >= 0.3 is 0 Å². The Morgan fingerprint density at radius 3 is 2.61 bits per heavy atom. The molecule has 2 amide bonds. The summed E-state index contributed by atoms with van der Waals surface area (Å²) in [4.78, 5) is 30.3. The van der Waals surface area contributed by atoms with E-state index in [-0.39, 0.29) is 24.1 Å². The van der Waals surface area contributed by atoms with E-state index in [0.717, 1.165) is 16.6 Å². The third-order valence-corrected chi connectivity index (χ3v) is 5.08. The Kier molecular flexibility index (Phi) is 6.11. The number of fused-ring (bicyclic) bond motifs is 1. The molecule has 3 heterocycles. The Hall–Kier alpha value is -4.55. The SMILES string of the molecule is COCC(=O)Nc1ccc(-c2cnn3ccc(C(=O)N(C)c4ccc(C#N)nc4)cc23)cc1. The third-order valence-electron chi connectivity index (χ3n) is 5.08. The summed E-state index contributed by atoms with van der Waals surface area (Å²) in [5.41, 5.74) is 4.52. The van der Waals surface area contributed by atoms with Crippen molar-refractivity contribution in [3.8, 4) is 17.2 Å². The molecule has 3 aromatic heterocycles. The van der Waals surface area contributed by atoms with Gasteiger partial charge in [-0.15, -0.1) is 0 Å². The van der Waals surface area contributed by atoms with Gasteiger partial charge in [-0.05, 0) is 42.0 Å². The van der Waals surface area contributed by atoms with Gasteiger partial charge in [0, 0.05) is 37.2 Å². The number of rotatable bonds is 6. The highest BCUT2D eigenvalue weighted by atomic mass is 16.5. The summed E-state index contributed by atoms with van der Waals surface area (Å²) in [5.74, 6) is -0.446. The molecule has 0 saturated carbocycles. The first kappa shape index (κ1) is 21.7. The summed E-state index contributed by atoms with van der Waals surface area (Å²) in [5, 5.41) is 16.0. The van der Waals surface area contributed by atoms with Gasteiger partial charge < -0.3 is 15.0 Å². The zero-order chi connectivity index (χ0) is 23.4. The number of nitrogens with one attached hydrogen (secondary N) is 1. The monoisotopic (exact) mass is 440 g/mol. The van der Waals surface area contributed by atoms with Crippen LogP contribution in [0.4, 0.5) is 11.4 Å². The van der Waals surface area contributed by atoms with Crippen LogP contribution in [0, 0.1) is 11.3 Å². The lowest BCUT2D eigenvalue weighted by atomic mass is 10.1. The first-order chi connectivity index (χ1) is 16.0. The molecule has 9 heteroatoms. The molecule has 0 aliphatic carbocycles. The van der Waals surface area contributed by atoms with Crippen LogP contribution < -0.4 is 10.2 Å². The normalized spacial score (nSPS) is 10.6. The summed E-state index contributed by atoms with van der Waals surface area (Å²) < 4.78 is 6.52. The first-order valence-corrected chi connectivity index (χ1v) is 10.0. The Morgan fingerprint density at radius 1 is 1.15 bits per heavy atom. The summed E-state index contributed by atoms with van der Waals surface area (Å²) >= 11 is 0. The van der Waals surface area contributed by atoms with E-state index >= 15 is 0 Å². The van der Waals surface area contributed by atoms with Crippen LogP contribution in [-0.4, -0.2) is 47.2 Å². The van der Waals surface area contributed by atoms with Crippen molar-refractivity contribution in [1.82, 2.24) is 14.6 Å². The molecule has 0 bridgehead atoms. The maximum absolute atomic E-state index is 13.1. The lowest BCUT2D eigenvalue weighted by Gasteiger charge is -2.17. The van der Waals surface area contributed by atoms with Crippen molar-refractivity contribution in [3.63, 3.8) is 0 Å². The summed E-state index contributed by atoms with van der Waals surface area (Å²) in [7, 11) is 3.12. The second kappa shape index (κ2) is 9.30. The third kappa shape index (κ3) is 4.56. The van der Waals surface area contributed by atoms with Crippen LogP contribution in [0.3, 0.4) is 0 Å². The molecule has 0 radical (unpaired) electrons. The van der Waals surface area contributed by atoms with Gasteiger partial charge in [-0.2, -0.15) is 10.4 Å². The molecule has 4 rings (SSSR count). The van der Waals surface area contributed by atoms with Gasteiger partial charge in [0.05, 0.1) is 23.6 Å². The molecule has 0 unspecified atom stereocenters. The summed E-state index contributed by atoms with van der Waals surface area (Å²) in [6, 6.07) is 16.0. The van der Waals surface area contributed by atoms with Gasteiger partial charge in [0.25, 0.3) is 5.91 Å². The maximum atomic E-state index is 13.1. The second-order valence-electron chi connectivity index (χ2n) is 7.24. The van der Waals surface area contributed by atoms with Crippen LogP contribution in [0.15, 0.2) is 67.1 Å². The molecular formula is C24H20N6O3. The van der Waals surface area contributed by atoms with Crippen molar-refractivity contribution in [2.75, 3.05) is 31.0 Å². The van der Waals surface area contributed by atoms with Crippen molar-refractivity contribution in [3.05, 3.63) is 78.4 Å². The zero-order valence-corrected chi connectivity index (χ0v) is 18.0. The van der Waals surface area contributed by atoms with Crippen LogP contribution in [-0.2, 0) is 9.53 Å². The van der Waals surface area contributed by atoms with Gasteiger partial charge in [0.1, 0.15) is 18.4 Å². The van der Waals surface area contributed by atoms with E-state index in [1.807, 2.05) is 18.2 Å². The Morgan fingerprint density at radius 2 is 1.94 bits per heavy atom. The van der Waals surface area contributed by atoms with Crippen molar-refractivity contribution >= 4 is 28.7 Å². The number of anilines is 2. The predicted molar refractivity (Wildman–Crippen MR) is 123 cm³/mol. The average molecular weight is 440 g/mol. The van der Waals surface area contributed by atoms with Crippen LogP contribution in [0.25, 0.3) is 16.6 Å². The fraction of sp³-hybridized carbons (Fsp3) is 0.125. The molecular weight excluding hydrogens is 420 g/mol. The van der Waals surface area contributed by atoms with E-state index < -0.39 is 0 Å². The van der Waals surface area contributed by atoms with Gasteiger partial charge in [-0.3, -0.25) is 9.59 Å². The van der Waals surface area contributed by atoms with Crippen molar-refractivity contribution in [2.24, 2.45) is 0 Å². The van der Waals surface area contributed by atoms with Crippen molar-refractivity contribution in [1.29, 1.82) is 5.26 Å². The van der Waals surface area contributed by atoms with Crippen molar-refractivity contribution < 1.29 is 14.3 Å². The highest BCUT2D eigenvalue weighted by Gasteiger charge is 2.16. The van der Waals surface area contributed by atoms with E-state index in [2.05, 4.69) is 15.4 Å². The van der Waals surface area contributed by atoms with E-state index in [9.17, 15) is 9.59 Å². The fourth-order valence-electron chi connectivity index (χ4n) is 3.36. The Bertz CT molecular complexity index is 1350. The van der Waals surface area contributed by atoms with E-state index in [4.69, 9.17) is 10.00 Å². The molecule has 33 heavy (non-hydrogen) atoms. The number of pyridine rings is 2. The minimum Gasteiger partial charge on any atom is -0.375 e. The molecule has 0 saturated heterocycles. The molecule has 1 aromatic carbocycles. The topological polar surface area (TPSA) is 113 Å². The van der Waals surface area contributed by atoms with Gasteiger partial charge in [0.15, 0.2) is 0 Å². The molecule has 1 N–H and O–H groups in total. The largest absolute Gasteiger partial charge is 0.375 e. The van der Waals surface area contributed by atoms with Gasteiger partial charge in [-0.1, -0.05) is 12.1 Å². The number of methoxy groups -OCH3 is 1. The van der Waals surface area contributed by atoms with Gasteiger partial charge in [-0.25, -0.2) is 9.50 Å². The fourth-order valence-corrected chi connectivity index (χ4v) is 3.36. The average Bonchev–Trinajstić information content (AvgIpc) is 3.27. The minimum atomic E-state index is -0.231. The molecule has 164 valence electrons. The van der Waals surface area contributed by atoms with E-state index in [0.29, 0.717) is 16.9 Å². The molecule has 0 aliphatic rings. The number of hydrogen-bond donors (Lipinski definition) is 1. The number of nitriles is 1. The number of hydrogen-bond acceptors (Lipinski definition) is 6. The predicted octanol–water partition coefficient (Wildman–Crippen LogP) is 3.13. The molecule has 0 fully saturated rings. The number of nitrogens with zero attached hydrogens (tertiary/aromatic N) is 5. The number of ether oxygens (including phenoxy) is 1. The number of amides is 2. The Balaban J connectivity index is 1.60. The number of aromatic nitrogens is 3. The molecule has 0 spiro atoms. The first-order valence-electron chi connectivity index (χ1n) is 10.0. The highest BCUT2D eigenvalue weighted by molar-refractivity contribution is 6.06. The van der Waals surface area contributed by atoms with Crippen molar-refractivity contribution in [2.45, 2.75) is 0 Å². The smallest absolute Gasteiger partial charge is 0.258 e. The summed E-state index contributed by atoms with van der Waals surface area (Å²) in [6.07, 6.45) is 4.96. The lowest BCUT2D eigenvalue weighted by molar-refractivity contribution is -0.119. The standard InChI is InChI=1S/C24H20N6O3/c1-29(20-8-7-19(12-25)26-13-20)24(32)17-9-10-30-22(11-17)21(14-27-30)16-3-5-18(6-4-16)28-23(31)15-33-2/h3-11,13-14H,15H2,1-2H3,(H,28,31). The Labute approximate surface area is 189 Å². The maximum Gasteiger partial charge on any atom is 0.258 e. The lowest BCUT2D eigenvalue weighted by Crippen LogP contribution is -2.26. The second-order valence-corrected chi connectivity index (χ2v) is 7.24. The van der Waals surface area contributed by atoms with Crippen LogP contribution in [0.1, 0.15) is 16.1 Å². The quantitative estimate of drug-likeness (QED) is 0.493. The van der Waals surface area contributed by atoms with Crippen LogP contribution in [0.2, 0.25) is 0 Å². The zero-order valence-electron chi connectivity index (χ0n) is 18.0. The highest BCUT2D eigenvalue weighted by Crippen LogP contribution is 2.27. The molecule has 9 nitrogen and oxygen atoms in total. The molecule has 4 aromatic rings. The van der Waals surface area contributed by atoms with E-state index in [1.54, 1.807) is 60.4 Å².